The summed E-state index contributed by atoms with van der Waals surface area (Å²) in [5.41, 5.74) is 1.14. The second-order valence-electron chi connectivity index (χ2n) is 2.40. The van der Waals surface area contributed by atoms with Gasteiger partial charge in [-0.25, -0.2) is 4.68 Å². The summed E-state index contributed by atoms with van der Waals surface area (Å²) in [5.74, 6) is 0.887. The molecule has 4 nitrogen and oxygen atoms in total. The number of aryl methyl sites for hydroxylation is 1. The number of nitrogens with zero attached hydrogens (tertiary/aromatic N) is 3. The Kier molecular flexibility index (Phi) is 3.25. The molecule has 13 heavy (non-hydrogen) atoms. The monoisotopic (exact) mass is 178 g/mol. The Morgan fingerprint density at radius 1 is 1.38 bits per heavy atom. The van der Waals surface area contributed by atoms with Crippen LogP contribution in [0.1, 0.15) is 19.4 Å². The Labute approximate surface area is 77.6 Å². The van der Waals surface area contributed by atoms with E-state index in [-0.39, 0.29) is 0 Å². The molecular formula is C9H14N4. The van der Waals surface area contributed by atoms with E-state index < -0.39 is 0 Å². The molecule has 2 aromatic heterocycles. The lowest BCUT2D eigenvalue weighted by atomic mass is 10.4. The second-order valence-corrected chi connectivity index (χ2v) is 2.40. The maximum absolute atomic E-state index is 4.10. The van der Waals surface area contributed by atoms with Crippen molar-refractivity contribution < 1.29 is 0 Å². The average Bonchev–Trinajstić information content (AvgIpc) is 2.77. The molecule has 0 aliphatic heterocycles. The Bertz CT molecular complexity index is 334. The van der Waals surface area contributed by atoms with E-state index in [0.29, 0.717) is 0 Å². The minimum atomic E-state index is 0.887. The Morgan fingerprint density at radius 3 is 2.62 bits per heavy atom. The zero-order valence-electron chi connectivity index (χ0n) is 8.15. The van der Waals surface area contributed by atoms with Crippen molar-refractivity contribution in [3.05, 3.63) is 30.2 Å². The highest BCUT2D eigenvalue weighted by molar-refractivity contribution is 5.19. The summed E-state index contributed by atoms with van der Waals surface area (Å²) in [6.45, 7) is 6.00. The van der Waals surface area contributed by atoms with E-state index in [4.69, 9.17) is 0 Å². The highest BCUT2D eigenvalue weighted by Crippen LogP contribution is 2.01. The van der Waals surface area contributed by atoms with E-state index in [1.165, 1.54) is 0 Å². The summed E-state index contributed by atoms with van der Waals surface area (Å²) in [6, 6.07) is 1.87. The average molecular weight is 178 g/mol. The summed E-state index contributed by atoms with van der Waals surface area (Å²) in [4.78, 5) is 0. The van der Waals surface area contributed by atoms with Crippen molar-refractivity contribution >= 4 is 0 Å². The fourth-order valence-electron chi connectivity index (χ4n) is 0.921. The van der Waals surface area contributed by atoms with Gasteiger partial charge in [0.25, 0.3) is 0 Å². The first-order chi connectivity index (χ1) is 6.36. The molecule has 0 amide bonds. The molecule has 0 saturated heterocycles. The Morgan fingerprint density at radius 2 is 2.15 bits per heavy atom. The summed E-state index contributed by atoms with van der Waals surface area (Å²) in [6.07, 6.45) is 5.45. The van der Waals surface area contributed by atoms with E-state index in [2.05, 4.69) is 15.3 Å². The number of aromatic nitrogens is 4. The van der Waals surface area contributed by atoms with Gasteiger partial charge in [-0.3, -0.25) is 5.10 Å². The molecular weight excluding hydrogens is 164 g/mol. The fourth-order valence-corrected chi connectivity index (χ4v) is 0.921. The van der Waals surface area contributed by atoms with Crippen LogP contribution in [0.5, 0.6) is 0 Å². The third-order valence-corrected chi connectivity index (χ3v) is 1.44. The normalized spacial score (nSPS) is 9.15. The van der Waals surface area contributed by atoms with Gasteiger partial charge < -0.3 is 0 Å². The molecule has 2 rings (SSSR count). The van der Waals surface area contributed by atoms with Gasteiger partial charge in [-0.1, -0.05) is 13.8 Å². The highest BCUT2D eigenvalue weighted by atomic mass is 15.3. The predicted molar refractivity (Wildman–Crippen MR) is 51.8 cm³/mol. The van der Waals surface area contributed by atoms with Crippen LogP contribution in [-0.2, 0) is 0 Å². The maximum Gasteiger partial charge on any atom is 0.149 e. The lowest BCUT2D eigenvalue weighted by Gasteiger charge is -1.92. The molecule has 2 aromatic rings. The van der Waals surface area contributed by atoms with Gasteiger partial charge in [0.15, 0.2) is 0 Å². The lowest BCUT2D eigenvalue weighted by Crippen LogP contribution is -1.93. The van der Waals surface area contributed by atoms with Crippen molar-refractivity contribution in [3.63, 3.8) is 0 Å². The number of hydrogen-bond acceptors (Lipinski definition) is 2. The molecule has 0 unspecified atom stereocenters. The standard InChI is InChI=1S/C7H8N4.C2H6/c1-6-4-9-11(5-6)7-2-3-8-10-7;1-2/h2-5H,1H3,(H,8,10);1-2H3. The minimum Gasteiger partial charge on any atom is -0.261 e. The molecule has 0 radical (unpaired) electrons. The first-order valence-corrected chi connectivity index (χ1v) is 4.37. The topological polar surface area (TPSA) is 46.5 Å². The largest absolute Gasteiger partial charge is 0.261 e. The molecule has 4 heteroatoms. The van der Waals surface area contributed by atoms with Gasteiger partial charge in [0.2, 0.25) is 0 Å². The Balaban J connectivity index is 0.000000396. The van der Waals surface area contributed by atoms with Crippen LogP contribution in [0.2, 0.25) is 0 Å². The van der Waals surface area contributed by atoms with Crippen molar-refractivity contribution in [3.8, 4) is 5.82 Å². The Hall–Kier alpha value is -1.58. The van der Waals surface area contributed by atoms with Gasteiger partial charge >= 0.3 is 0 Å². The summed E-state index contributed by atoms with van der Waals surface area (Å²) >= 11 is 0. The number of aromatic amines is 1. The van der Waals surface area contributed by atoms with Gasteiger partial charge in [0.1, 0.15) is 5.82 Å². The minimum absolute atomic E-state index is 0.887. The second kappa shape index (κ2) is 4.45. The summed E-state index contributed by atoms with van der Waals surface area (Å²) < 4.78 is 1.75. The van der Waals surface area contributed by atoms with Gasteiger partial charge in [-0.15, -0.1) is 0 Å². The third-order valence-electron chi connectivity index (χ3n) is 1.44. The number of nitrogens with one attached hydrogen (secondary N) is 1. The van der Waals surface area contributed by atoms with E-state index in [1.54, 1.807) is 17.1 Å². The van der Waals surface area contributed by atoms with Crippen LogP contribution in [0.15, 0.2) is 24.7 Å². The lowest BCUT2D eigenvalue weighted by molar-refractivity contribution is 0.836. The van der Waals surface area contributed by atoms with Gasteiger partial charge in [0, 0.05) is 12.3 Å². The molecule has 0 spiro atoms. The van der Waals surface area contributed by atoms with Gasteiger partial charge in [-0.2, -0.15) is 10.2 Å². The van der Waals surface area contributed by atoms with E-state index in [1.807, 2.05) is 33.0 Å². The van der Waals surface area contributed by atoms with E-state index >= 15 is 0 Å². The zero-order valence-corrected chi connectivity index (χ0v) is 8.15. The van der Waals surface area contributed by atoms with Crippen LogP contribution >= 0.6 is 0 Å². The molecule has 70 valence electrons. The van der Waals surface area contributed by atoms with E-state index in [9.17, 15) is 0 Å². The fraction of sp³-hybridized carbons (Fsp3) is 0.333. The first-order valence-electron chi connectivity index (χ1n) is 4.37. The third kappa shape index (κ3) is 2.18. The van der Waals surface area contributed by atoms with Crippen LogP contribution in [0, 0.1) is 6.92 Å². The number of hydrogen-bond donors (Lipinski definition) is 1. The number of rotatable bonds is 1. The van der Waals surface area contributed by atoms with Crippen LogP contribution < -0.4 is 0 Å². The molecule has 0 aromatic carbocycles. The van der Waals surface area contributed by atoms with Crippen LogP contribution in [0.25, 0.3) is 5.82 Å². The smallest absolute Gasteiger partial charge is 0.149 e. The molecule has 0 aliphatic rings. The maximum atomic E-state index is 4.10. The summed E-state index contributed by atoms with van der Waals surface area (Å²) in [7, 11) is 0. The van der Waals surface area contributed by atoms with Gasteiger partial charge in [-0.05, 0) is 12.5 Å². The first kappa shape index (κ1) is 9.51. The highest BCUT2D eigenvalue weighted by Gasteiger charge is 1.96. The van der Waals surface area contributed by atoms with Crippen molar-refractivity contribution in [2.45, 2.75) is 20.8 Å². The van der Waals surface area contributed by atoms with Crippen molar-refractivity contribution in [2.75, 3.05) is 0 Å². The molecule has 2 heterocycles. The van der Waals surface area contributed by atoms with Crippen LogP contribution in [0.4, 0.5) is 0 Å². The number of H-pyrrole nitrogens is 1. The predicted octanol–water partition coefficient (Wildman–Crippen LogP) is 1.93. The van der Waals surface area contributed by atoms with Crippen molar-refractivity contribution in [2.24, 2.45) is 0 Å². The van der Waals surface area contributed by atoms with Crippen LogP contribution in [-0.4, -0.2) is 20.0 Å². The van der Waals surface area contributed by atoms with Crippen molar-refractivity contribution in [1.82, 2.24) is 20.0 Å². The molecule has 0 aliphatic carbocycles. The van der Waals surface area contributed by atoms with E-state index in [0.717, 1.165) is 11.4 Å². The molecule has 0 bridgehead atoms. The SMILES string of the molecule is CC.Cc1cnn(-c2ccn[nH]2)c1. The van der Waals surface area contributed by atoms with Gasteiger partial charge in [0.05, 0.1) is 12.4 Å². The molecule has 0 atom stereocenters. The van der Waals surface area contributed by atoms with Crippen molar-refractivity contribution in [1.29, 1.82) is 0 Å². The quantitative estimate of drug-likeness (QED) is 0.725. The molecule has 1 N–H and O–H groups in total. The summed E-state index contributed by atoms with van der Waals surface area (Å²) in [5, 5.41) is 10.7. The molecule has 0 saturated carbocycles. The van der Waals surface area contributed by atoms with Crippen LogP contribution in [0.3, 0.4) is 0 Å². The molecule has 0 fully saturated rings. The zero-order chi connectivity index (χ0) is 9.68.